The molecular weight excluding hydrogens is 362 g/mol. The number of halogens is 1. The van der Waals surface area contributed by atoms with Crippen LogP contribution in [0.3, 0.4) is 0 Å². The van der Waals surface area contributed by atoms with E-state index in [1.165, 1.54) is 12.5 Å². The van der Waals surface area contributed by atoms with Crippen LogP contribution in [-0.4, -0.2) is 37.0 Å². The second-order valence-electron chi connectivity index (χ2n) is 6.52. The molecule has 0 bridgehead atoms. The Morgan fingerprint density at radius 2 is 1.88 bits per heavy atom. The van der Waals surface area contributed by atoms with Crippen molar-refractivity contribution in [1.82, 2.24) is 4.98 Å². The predicted octanol–water partition coefficient (Wildman–Crippen LogP) is 3.49. The number of hydrogen-bond acceptors (Lipinski definition) is 5. The van der Waals surface area contributed by atoms with Crippen LogP contribution in [0.4, 0.5) is 0 Å². The van der Waals surface area contributed by atoms with E-state index in [4.69, 9.17) is 16.3 Å². The van der Waals surface area contributed by atoms with Crippen molar-refractivity contribution >= 4 is 21.4 Å². The largest absolute Gasteiger partial charge is 0.474 e. The van der Waals surface area contributed by atoms with Crippen LogP contribution in [0.5, 0.6) is 5.88 Å². The molecule has 1 aliphatic carbocycles. The lowest BCUT2D eigenvalue weighted by molar-refractivity contribution is 0.000219. The molecule has 3 rings (SSSR count). The van der Waals surface area contributed by atoms with Crippen LogP contribution in [0.2, 0.25) is 5.02 Å². The Hall–Kier alpha value is -1.63. The Labute approximate surface area is 152 Å². The van der Waals surface area contributed by atoms with Gasteiger partial charge in [-0.1, -0.05) is 36.6 Å². The van der Waals surface area contributed by atoms with Crippen molar-refractivity contribution in [3.63, 3.8) is 0 Å². The molecule has 25 heavy (non-hydrogen) atoms. The van der Waals surface area contributed by atoms with Crippen molar-refractivity contribution in [2.75, 3.05) is 12.9 Å². The number of nitrogens with zero attached hydrogens (tertiary/aromatic N) is 1. The quantitative estimate of drug-likeness (QED) is 0.857. The molecule has 1 heterocycles. The van der Waals surface area contributed by atoms with E-state index < -0.39 is 15.4 Å². The molecule has 2 aromatic rings. The maximum absolute atomic E-state index is 11.6. The molecule has 5 nitrogen and oxygen atoms in total. The van der Waals surface area contributed by atoms with Crippen molar-refractivity contribution in [3.8, 4) is 17.0 Å². The summed E-state index contributed by atoms with van der Waals surface area (Å²) < 4.78 is 29.0. The zero-order valence-corrected chi connectivity index (χ0v) is 15.5. The Balaban J connectivity index is 1.88. The number of hydrogen-bond donors (Lipinski definition) is 1. The third kappa shape index (κ3) is 4.32. The van der Waals surface area contributed by atoms with E-state index in [1.54, 1.807) is 30.3 Å². The van der Waals surface area contributed by atoms with Gasteiger partial charge in [-0.3, -0.25) is 0 Å². The van der Waals surface area contributed by atoms with Gasteiger partial charge >= 0.3 is 0 Å². The fourth-order valence-electron chi connectivity index (χ4n) is 3.01. The number of sulfone groups is 1. The second-order valence-corrected chi connectivity index (χ2v) is 8.98. The molecule has 1 fully saturated rings. The van der Waals surface area contributed by atoms with Gasteiger partial charge in [-0.05, 0) is 36.6 Å². The van der Waals surface area contributed by atoms with Crippen molar-refractivity contribution in [2.24, 2.45) is 0 Å². The van der Waals surface area contributed by atoms with Crippen molar-refractivity contribution in [2.45, 2.75) is 36.2 Å². The number of rotatable bonds is 5. The zero-order chi connectivity index (χ0) is 18.1. The van der Waals surface area contributed by atoms with Crippen molar-refractivity contribution < 1.29 is 18.3 Å². The third-order valence-corrected chi connectivity index (χ3v) is 5.76. The molecule has 0 spiro atoms. The van der Waals surface area contributed by atoms with Gasteiger partial charge in [0, 0.05) is 18.0 Å². The summed E-state index contributed by atoms with van der Waals surface area (Å²) in [6.45, 7) is 0.177. The molecule has 0 aliphatic heterocycles. The highest BCUT2D eigenvalue weighted by Crippen LogP contribution is 2.34. The average Bonchev–Trinajstić information content (AvgIpc) is 3.00. The minimum absolute atomic E-state index is 0.177. The average molecular weight is 382 g/mol. The smallest absolute Gasteiger partial charge is 0.221 e. The Morgan fingerprint density at radius 1 is 1.24 bits per heavy atom. The molecule has 1 aliphatic rings. The molecule has 0 atom stereocenters. The van der Waals surface area contributed by atoms with Gasteiger partial charge in [0.1, 0.15) is 6.61 Å². The Kier molecular flexibility index (Phi) is 5.04. The van der Waals surface area contributed by atoms with E-state index in [9.17, 15) is 13.5 Å². The lowest BCUT2D eigenvalue weighted by Crippen LogP contribution is -2.32. The third-order valence-electron chi connectivity index (χ3n) is 4.42. The number of aromatic nitrogens is 1. The summed E-state index contributed by atoms with van der Waals surface area (Å²) >= 11 is 6.06. The number of ether oxygens (including phenoxy) is 1. The second kappa shape index (κ2) is 6.94. The van der Waals surface area contributed by atoms with E-state index in [0.29, 0.717) is 16.5 Å². The maximum Gasteiger partial charge on any atom is 0.221 e. The van der Waals surface area contributed by atoms with Crippen LogP contribution in [0.15, 0.2) is 41.4 Å². The van der Waals surface area contributed by atoms with Gasteiger partial charge in [-0.25, -0.2) is 13.4 Å². The van der Waals surface area contributed by atoms with E-state index in [1.807, 2.05) is 0 Å². The van der Waals surface area contributed by atoms with Crippen LogP contribution in [0.1, 0.15) is 25.7 Å². The zero-order valence-electron chi connectivity index (χ0n) is 13.9. The minimum atomic E-state index is -3.26. The van der Waals surface area contributed by atoms with Gasteiger partial charge in [0.15, 0.2) is 9.84 Å². The van der Waals surface area contributed by atoms with Gasteiger partial charge in [0.2, 0.25) is 5.88 Å². The lowest BCUT2D eigenvalue weighted by atomic mass is 10.0. The number of aliphatic hydroxyl groups is 1. The van der Waals surface area contributed by atoms with E-state index in [0.717, 1.165) is 31.2 Å². The molecule has 0 radical (unpaired) electrons. The molecule has 1 saturated carbocycles. The summed E-state index contributed by atoms with van der Waals surface area (Å²) in [6, 6.07) is 8.19. The Morgan fingerprint density at radius 3 is 2.48 bits per heavy atom. The van der Waals surface area contributed by atoms with Crippen LogP contribution in [-0.2, 0) is 9.84 Å². The monoisotopic (exact) mass is 381 g/mol. The van der Waals surface area contributed by atoms with Gasteiger partial charge in [0.25, 0.3) is 0 Å². The minimum Gasteiger partial charge on any atom is -0.474 e. The molecule has 0 unspecified atom stereocenters. The van der Waals surface area contributed by atoms with Crippen LogP contribution < -0.4 is 4.74 Å². The summed E-state index contributed by atoms with van der Waals surface area (Å²) in [5.41, 5.74) is 0.601. The summed E-state index contributed by atoms with van der Waals surface area (Å²) in [7, 11) is -3.26. The first-order valence-electron chi connectivity index (χ1n) is 8.08. The molecule has 1 N–H and O–H groups in total. The van der Waals surface area contributed by atoms with Crippen molar-refractivity contribution in [3.05, 3.63) is 41.6 Å². The van der Waals surface area contributed by atoms with Gasteiger partial charge in [-0.2, -0.15) is 0 Å². The Bertz CT molecular complexity index is 859. The summed E-state index contributed by atoms with van der Waals surface area (Å²) in [5.74, 6) is 0.372. The van der Waals surface area contributed by atoms with Gasteiger partial charge in [-0.15, -0.1) is 0 Å². The van der Waals surface area contributed by atoms with E-state index in [2.05, 4.69) is 4.98 Å². The number of benzene rings is 1. The molecule has 0 amide bonds. The predicted molar refractivity (Wildman–Crippen MR) is 96.7 cm³/mol. The van der Waals surface area contributed by atoms with E-state index in [-0.39, 0.29) is 11.5 Å². The summed E-state index contributed by atoms with van der Waals surface area (Å²) in [6.07, 6.45) is 6.09. The first kappa shape index (κ1) is 18.2. The van der Waals surface area contributed by atoms with E-state index >= 15 is 0 Å². The maximum atomic E-state index is 11.6. The van der Waals surface area contributed by atoms with Gasteiger partial charge < -0.3 is 9.84 Å². The highest BCUT2D eigenvalue weighted by atomic mass is 35.5. The van der Waals surface area contributed by atoms with Crippen LogP contribution in [0, 0.1) is 0 Å². The SMILES string of the molecule is CS(=O)(=O)c1ccc(-c2cc(Cl)cnc2OCC2(O)CCCC2)cc1. The lowest BCUT2D eigenvalue weighted by Gasteiger charge is -2.22. The molecule has 1 aromatic carbocycles. The topological polar surface area (TPSA) is 76.5 Å². The number of pyridine rings is 1. The molecule has 134 valence electrons. The molecule has 0 saturated heterocycles. The van der Waals surface area contributed by atoms with Crippen LogP contribution >= 0.6 is 11.6 Å². The van der Waals surface area contributed by atoms with Gasteiger partial charge in [0.05, 0.1) is 15.5 Å². The highest BCUT2D eigenvalue weighted by molar-refractivity contribution is 7.90. The van der Waals surface area contributed by atoms with Crippen molar-refractivity contribution in [1.29, 1.82) is 0 Å². The summed E-state index contributed by atoms with van der Waals surface area (Å²) in [5, 5.41) is 10.9. The fourth-order valence-corrected chi connectivity index (χ4v) is 3.80. The first-order chi connectivity index (χ1) is 11.8. The first-order valence-corrected chi connectivity index (χ1v) is 10.4. The summed E-state index contributed by atoms with van der Waals surface area (Å²) in [4.78, 5) is 4.48. The van der Waals surface area contributed by atoms with Crippen LogP contribution in [0.25, 0.3) is 11.1 Å². The highest BCUT2D eigenvalue weighted by Gasteiger charge is 2.32. The fraction of sp³-hybridized carbons (Fsp3) is 0.389. The molecule has 7 heteroatoms. The molecular formula is C18H20ClNO4S. The standard InChI is InChI=1S/C18H20ClNO4S/c1-25(22,23)15-6-4-13(5-7-15)16-10-14(19)11-20-17(16)24-12-18(21)8-2-3-9-18/h4-7,10-11,21H,2-3,8-9,12H2,1H3. The normalized spacial score (nSPS) is 16.8. The molecule has 1 aromatic heterocycles.